The second kappa shape index (κ2) is 10.6. The van der Waals surface area contributed by atoms with Crippen LogP contribution in [0.2, 0.25) is 5.15 Å². The van der Waals surface area contributed by atoms with Gasteiger partial charge in [-0.15, -0.1) is 0 Å². The first kappa shape index (κ1) is 24.8. The third-order valence-corrected chi connectivity index (χ3v) is 6.87. The molecular formula is C28H26ClN3O5. The third kappa shape index (κ3) is 5.29. The molecule has 0 aliphatic carbocycles. The van der Waals surface area contributed by atoms with Crippen molar-refractivity contribution in [1.29, 1.82) is 0 Å². The van der Waals surface area contributed by atoms with E-state index in [0.29, 0.717) is 35.6 Å². The molecule has 190 valence electrons. The number of carboxylic acid groups (broad SMARTS) is 1. The number of halogens is 1. The van der Waals surface area contributed by atoms with E-state index < -0.39 is 22.9 Å². The second-order valence-corrected chi connectivity index (χ2v) is 9.63. The van der Waals surface area contributed by atoms with Gasteiger partial charge in [0.05, 0.1) is 0 Å². The van der Waals surface area contributed by atoms with E-state index in [-0.39, 0.29) is 12.1 Å². The van der Waals surface area contributed by atoms with Gasteiger partial charge in [0.25, 0.3) is 10.9 Å². The number of nitrogens with zero attached hydrogens (tertiary/aromatic N) is 2. The summed E-state index contributed by atoms with van der Waals surface area (Å²) in [4.78, 5) is 42.9. The van der Waals surface area contributed by atoms with Gasteiger partial charge in [-0.2, -0.15) is 0 Å². The van der Waals surface area contributed by atoms with Crippen molar-refractivity contribution in [3.63, 3.8) is 0 Å². The Hall–Kier alpha value is -3.91. The average molecular weight is 520 g/mol. The number of hydrogen-bond donors (Lipinski definition) is 2. The van der Waals surface area contributed by atoms with Crippen LogP contribution in [0.3, 0.4) is 0 Å². The summed E-state index contributed by atoms with van der Waals surface area (Å²) in [5.74, 6) is -0.207. The van der Waals surface area contributed by atoms with Gasteiger partial charge in [0.15, 0.2) is 0 Å². The molecule has 1 fully saturated rings. The van der Waals surface area contributed by atoms with E-state index in [1.54, 1.807) is 30.3 Å². The number of aromatic nitrogens is 1. The first-order chi connectivity index (χ1) is 17.9. The van der Waals surface area contributed by atoms with Gasteiger partial charge in [-0.1, -0.05) is 54.8 Å². The Kier molecular flexibility index (Phi) is 7.10. The van der Waals surface area contributed by atoms with Crippen molar-refractivity contribution in [2.24, 2.45) is 0 Å². The van der Waals surface area contributed by atoms with Crippen LogP contribution in [-0.4, -0.2) is 35.2 Å². The summed E-state index contributed by atoms with van der Waals surface area (Å²) in [7, 11) is 0. The summed E-state index contributed by atoms with van der Waals surface area (Å²) in [6, 6.07) is 15.3. The van der Waals surface area contributed by atoms with Crippen LogP contribution < -0.4 is 25.8 Å². The number of anilines is 2. The highest BCUT2D eigenvalue weighted by Crippen LogP contribution is 2.31. The first-order valence-corrected chi connectivity index (χ1v) is 12.7. The van der Waals surface area contributed by atoms with Crippen LogP contribution in [0.1, 0.15) is 31.2 Å². The molecule has 37 heavy (non-hydrogen) atoms. The van der Waals surface area contributed by atoms with Gasteiger partial charge in [-0.25, -0.2) is 9.78 Å². The van der Waals surface area contributed by atoms with Crippen LogP contribution in [0.25, 0.3) is 10.8 Å². The van der Waals surface area contributed by atoms with E-state index >= 15 is 0 Å². The summed E-state index contributed by atoms with van der Waals surface area (Å²) >= 11 is 6.14. The molecule has 2 N–H and O–H groups in total. The highest BCUT2D eigenvalue weighted by molar-refractivity contribution is 6.30. The fraction of sp³-hybridized carbons (Fsp3) is 0.286. The smallest absolute Gasteiger partial charge is 0.326 e. The summed E-state index contributed by atoms with van der Waals surface area (Å²) in [6.45, 7) is 1.38. The molecule has 1 atom stereocenters. The standard InChI is InChI=1S/C28H26ClN3O5/c29-22-16-18-7-3-4-8-20(18)27(31-22)37-19-11-9-17(10-12-19)15-21(28(35)36)30-23-24(26(34)25(23)33)32-13-5-1-2-6-14-32/h3-4,7-12,16,21,30H,1-2,5-6,13-15H2,(H,35,36). The van der Waals surface area contributed by atoms with Gasteiger partial charge >= 0.3 is 5.97 Å². The van der Waals surface area contributed by atoms with Crippen molar-refractivity contribution in [2.75, 3.05) is 23.3 Å². The molecule has 9 heteroatoms. The molecule has 0 spiro atoms. The Balaban J connectivity index is 1.31. The minimum absolute atomic E-state index is 0.109. The van der Waals surface area contributed by atoms with Gasteiger partial charge in [0.1, 0.15) is 28.3 Å². The van der Waals surface area contributed by atoms with Crippen LogP contribution in [0, 0.1) is 0 Å². The van der Waals surface area contributed by atoms with Gasteiger partial charge in [0, 0.05) is 24.9 Å². The van der Waals surface area contributed by atoms with E-state index in [1.165, 1.54) is 0 Å². The van der Waals surface area contributed by atoms with Gasteiger partial charge in [-0.05, 0) is 48.1 Å². The average Bonchev–Trinajstić information content (AvgIpc) is 3.17. The lowest BCUT2D eigenvalue weighted by Gasteiger charge is -2.27. The van der Waals surface area contributed by atoms with Crippen LogP contribution in [0.4, 0.5) is 11.4 Å². The Bertz CT molecular complexity index is 1500. The molecule has 1 aliphatic heterocycles. The molecule has 1 unspecified atom stereocenters. The SMILES string of the molecule is O=C(O)C(Cc1ccc(Oc2nc(Cl)cc3ccccc23)cc1)Nc1c(N2CCCCCC2)c(=O)c1=O. The molecule has 1 aliphatic rings. The molecule has 2 heterocycles. The monoisotopic (exact) mass is 519 g/mol. The molecule has 0 radical (unpaired) electrons. The second-order valence-electron chi connectivity index (χ2n) is 9.24. The number of benzene rings is 2. The van der Waals surface area contributed by atoms with Gasteiger partial charge in [0.2, 0.25) is 5.88 Å². The van der Waals surface area contributed by atoms with Crippen molar-refractivity contribution in [3.05, 3.63) is 85.8 Å². The van der Waals surface area contributed by atoms with Crippen LogP contribution in [0.5, 0.6) is 11.6 Å². The lowest BCUT2D eigenvalue weighted by molar-refractivity contribution is -0.137. The number of fused-ring (bicyclic) bond motifs is 1. The maximum atomic E-state index is 12.3. The molecule has 1 aromatic heterocycles. The van der Waals surface area contributed by atoms with Crippen LogP contribution in [-0.2, 0) is 11.2 Å². The van der Waals surface area contributed by atoms with Gasteiger partial charge < -0.3 is 20.1 Å². The predicted octanol–water partition coefficient (Wildman–Crippen LogP) is 4.76. The summed E-state index contributed by atoms with van der Waals surface area (Å²) in [5.41, 5.74) is -0.0415. The topological polar surface area (TPSA) is 109 Å². The van der Waals surface area contributed by atoms with Crippen molar-refractivity contribution in [3.8, 4) is 11.6 Å². The zero-order valence-electron chi connectivity index (χ0n) is 20.1. The number of rotatable bonds is 8. The first-order valence-electron chi connectivity index (χ1n) is 12.3. The molecule has 0 bridgehead atoms. The number of hydrogen-bond acceptors (Lipinski definition) is 7. The maximum absolute atomic E-state index is 12.3. The Morgan fingerprint density at radius 3 is 2.43 bits per heavy atom. The van der Waals surface area contributed by atoms with Gasteiger partial charge in [-0.3, -0.25) is 9.59 Å². The largest absolute Gasteiger partial charge is 0.480 e. The zero-order chi connectivity index (χ0) is 25.9. The minimum Gasteiger partial charge on any atom is -0.480 e. The summed E-state index contributed by atoms with van der Waals surface area (Å²) in [6.07, 6.45) is 4.16. The molecule has 5 rings (SSSR count). The predicted molar refractivity (Wildman–Crippen MR) is 144 cm³/mol. The number of ether oxygens (including phenoxy) is 1. The molecule has 0 amide bonds. The third-order valence-electron chi connectivity index (χ3n) is 6.68. The minimum atomic E-state index is -1.11. The summed E-state index contributed by atoms with van der Waals surface area (Å²) < 4.78 is 5.97. The fourth-order valence-electron chi connectivity index (χ4n) is 4.74. The molecule has 8 nitrogen and oxygen atoms in total. The van der Waals surface area contributed by atoms with E-state index in [0.717, 1.165) is 42.0 Å². The number of carbonyl (C=O) groups is 1. The number of carboxylic acids is 1. The van der Waals surface area contributed by atoms with E-state index in [9.17, 15) is 19.5 Å². The van der Waals surface area contributed by atoms with Crippen molar-refractivity contribution in [2.45, 2.75) is 38.1 Å². The normalized spacial score (nSPS) is 14.9. The van der Waals surface area contributed by atoms with Crippen molar-refractivity contribution in [1.82, 2.24) is 4.98 Å². The lowest BCUT2D eigenvalue weighted by atomic mass is 10.0. The van der Waals surface area contributed by atoms with E-state index in [4.69, 9.17) is 16.3 Å². The highest BCUT2D eigenvalue weighted by atomic mass is 35.5. The Morgan fingerprint density at radius 2 is 1.73 bits per heavy atom. The van der Waals surface area contributed by atoms with Crippen LogP contribution in [0.15, 0.2) is 64.2 Å². The Labute approximate surface area is 218 Å². The van der Waals surface area contributed by atoms with Crippen LogP contribution >= 0.6 is 11.6 Å². The highest BCUT2D eigenvalue weighted by Gasteiger charge is 2.30. The van der Waals surface area contributed by atoms with Crippen molar-refractivity contribution >= 4 is 39.7 Å². The maximum Gasteiger partial charge on any atom is 0.326 e. The molecule has 0 saturated carbocycles. The van der Waals surface area contributed by atoms with E-state index in [2.05, 4.69) is 10.3 Å². The Morgan fingerprint density at radius 1 is 1.03 bits per heavy atom. The summed E-state index contributed by atoms with van der Waals surface area (Å²) in [5, 5.41) is 14.7. The zero-order valence-corrected chi connectivity index (χ0v) is 20.8. The van der Waals surface area contributed by atoms with E-state index in [1.807, 2.05) is 29.2 Å². The number of pyridine rings is 1. The fourth-order valence-corrected chi connectivity index (χ4v) is 4.93. The molecule has 3 aromatic carbocycles. The number of nitrogens with one attached hydrogen (secondary N) is 1. The quantitative estimate of drug-likeness (QED) is 0.253. The molecule has 4 aromatic rings. The lowest BCUT2D eigenvalue weighted by Crippen LogP contribution is -2.46. The molecular weight excluding hydrogens is 494 g/mol. The molecule has 1 saturated heterocycles. The number of aliphatic carboxylic acids is 1. The van der Waals surface area contributed by atoms with Crippen molar-refractivity contribution < 1.29 is 14.6 Å².